The lowest BCUT2D eigenvalue weighted by Gasteiger charge is -2.47. The molecule has 1 spiro atoms. The molecule has 0 atom stereocenters. The van der Waals surface area contributed by atoms with Crippen LogP contribution in [0, 0.1) is 10.8 Å². The number of nitrogens with one attached hydrogen (secondary N) is 1. The first-order chi connectivity index (χ1) is 10.2. The van der Waals surface area contributed by atoms with Gasteiger partial charge in [-0.05, 0) is 49.8 Å². The van der Waals surface area contributed by atoms with E-state index >= 15 is 0 Å². The zero-order valence-electron chi connectivity index (χ0n) is 12.7. The zero-order chi connectivity index (χ0) is 14.7. The highest BCUT2D eigenvalue weighted by Gasteiger charge is 2.37. The van der Waals surface area contributed by atoms with Crippen LogP contribution in [-0.4, -0.2) is 41.9 Å². The molecule has 0 aromatic heterocycles. The van der Waals surface area contributed by atoms with Crippen LogP contribution in [0.25, 0.3) is 0 Å². The lowest BCUT2D eigenvalue weighted by atomic mass is 9.71. The molecule has 1 aromatic rings. The molecule has 0 bridgehead atoms. The van der Waals surface area contributed by atoms with Gasteiger partial charge in [0, 0.05) is 19.6 Å². The van der Waals surface area contributed by atoms with Crippen LogP contribution in [0.15, 0.2) is 30.3 Å². The molecule has 2 saturated heterocycles. The average molecular weight is 286 g/mol. The van der Waals surface area contributed by atoms with Crippen LogP contribution >= 0.6 is 0 Å². The molecule has 2 aliphatic rings. The second-order valence-corrected chi connectivity index (χ2v) is 6.63. The molecule has 3 N–H and O–H groups in total. The van der Waals surface area contributed by atoms with E-state index in [1.165, 1.54) is 44.3 Å². The van der Waals surface area contributed by atoms with Crippen LogP contribution in [0.4, 0.5) is 0 Å². The highest BCUT2D eigenvalue weighted by Crippen LogP contribution is 2.41. The van der Waals surface area contributed by atoms with Crippen LogP contribution in [0.1, 0.15) is 31.2 Å². The number of nitrogens with zero attached hydrogens (tertiary/aromatic N) is 2. The number of rotatable bonds is 2. The van der Waals surface area contributed by atoms with Crippen molar-refractivity contribution < 1.29 is 0 Å². The molecular formula is C17H26N4. The Bertz CT molecular complexity index is 467. The minimum atomic E-state index is 0.242. The van der Waals surface area contributed by atoms with Gasteiger partial charge >= 0.3 is 0 Å². The van der Waals surface area contributed by atoms with Gasteiger partial charge in [-0.3, -0.25) is 10.3 Å². The van der Waals surface area contributed by atoms with Crippen molar-refractivity contribution >= 4 is 5.96 Å². The molecule has 4 heteroatoms. The molecule has 2 aliphatic heterocycles. The smallest absolute Gasteiger partial charge is 0.188 e. The molecule has 4 nitrogen and oxygen atoms in total. The van der Waals surface area contributed by atoms with Gasteiger partial charge in [0.25, 0.3) is 0 Å². The van der Waals surface area contributed by atoms with Crippen LogP contribution in [0.5, 0.6) is 0 Å². The van der Waals surface area contributed by atoms with E-state index in [1.54, 1.807) is 0 Å². The Labute approximate surface area is 127 Å². The van der Waals surface area contributed by atoms with E-state index in [2.05, 4.69) is 35.2 Å². The van der Waals surface area contributed by atoms with Gasteiger partial charge in [-0.15, -0.1) is 0 Å². The summed E-state index contributed by atoms with van der Waals surface area (Å²) in [5.41, 5.74) is 7.52. The van der Waals surface area contributed by atoms with E-state index in [-0.39, 0.29) is 5.96 Å². The second-order valence-electron chi connectivity index (χ2n) is 6.63. The van der Waals surface area contributed by atoms with Crippen molar-refractivity contribution in [2.24, 2.45) is 11.1 Å². The van der Waals surface area contributed by atoms with Gasteiger partial charge in [0.1, 0.15) is 0 Å². The van der Waals surface area contributed by atoms with Crippen LogP contribution in [-0.2, 0) is 6.54 Å². The number of benzene rings is 1. The Morgan fingerprint density at radius 3 is 2.14 bits per heavy atom. The van der Waals surface area contributed by atoms with E-state index in [9.17, 15) is 0 Å². The predicted octanol–water partition coefficient (Wildman–Crippen LogP) is 2.26. The molecule has 2 fully saturated rings. The van der Waals surface area contributed by atoms with Gasteiger partial charge in [0.15, 0.2) is 5.96 Å². The molecule has 2 heterocycles. The fourth-order valence-corrected chi connectivity index (χ4v) is 3.75. The quantitative estimate of drug-likeness (QED) is 0.647. The summed E-state index contributed by atoms with van der Waals surface area (Å²) in [4.78, 5) is 4.60. The van der Waals surface area contributed by atoms with E-state index in [0.717, 1.165) is 19.6 Å². The Morgan fingerprint density at radius 1 is 1.00 bits per heavy atom. The van der Waals surface area contributed by atoms with Crippen molar-refractivity contribution in [3.05, 3.63) is 35.9 Å². The molecule has 1 aromatic carbocycles. The van der Waals surface area contributed by atoms with E-state index in [1.807, 2.05) is 4.90 Å². The summed E-state index contributed by atoms with van der Waals surface area (Å²) in [6.45, 7) is 5.42. The fourth-order valence-electron chi connectivity index (χ4n) is 3.75. The molecule has 0 saturated carbocycles. The zero-order valence-corrected chi connectivity index (χ0v) is 12.7. The molecule has 0 amide bonds. The molecule has 0 unspecified atom stereocenters. The molecule has 0 aliphatic carbocycles. The third-order valence-electron chi connectivity index (χ3n) is 5.33. The topological polar surface area (TPSA) is 56.4 Å². The van der Waals surface area contributed by atoms with Crippen molar-refractivity contribution in [2.75, 3.05) is 26.2 Å². The van der Waals surface area contributed by atoms with Gasteiger partial charge in [-0.2, -0.15) is 0 Å². The summed E-state index contributed by atoms with van der Waals surface area (Å²) in [5.74, 6) is 0.242. The summed E-state index contributed by atoms with van der Waals surface area (Å²) in [6.07, 6.45) is 4.99. The maximum Gasteiger partial charge on any atom is 0.188 e. The highest BCUT2D eigenvalue weighted by molar-refractivity contribution is 5.74. The third-order valence-corrected chi connectivity index (χ3v) is 5.33. The number of nitrogens with two attached hydrogens (primary N) is 1. The van der Waals surface area contributed by atoms with E-state index in [4.69, 9.17) is 11.1 Å². The summed E-state index contributed by atoms with van der Waals surface area (Å²) < 4.78 is 0. The average Bonchev–Trinajstić information content (AvgIpc) is 2.51. The van der Waals surface area contributed by atoms with Gasteiger partial charge in [-0.25, -0.2) is 0 Å². The van der Waals surface area contributed by atoms with E-state index in [0.29, 0.717) is 5.41 Å². The minimum Gasteiger partial charge on any atom is -0.370 e. The maximum atomic E-state index is 7.54. The summed E-state index contributed by atoms with van der Waals surface area (Å²) >= 11 is 0. The first-order valence-corrected chi connectivity index (χ1v) is 8.02. The van der Waals surface area contributed by atoms with Crippen LogP contribution < -0.4 is 5.73 Å². The van der Waals surface area contributed by atoms with Crippen molar-refractivity contribution in [1.29, 1.82) is 5.41 Å². The predicted molar refractivity (Wildman–Crippen MR) is 86.1 cm³/mol. The lowest BCUT2D eigenvalue weighted by molar-refractivity contribution is 0.0497. The van der Waals surface area contributed by atoms with Crippen LogP contribution in [0.3, 0.4) is 0 Å². The molecule has 0 radical (unpaired) electrons. The van der Waals surface area contributed by atoms with Crippen molar-refractivity contribution in [3.8, 4) is 0 Å². The summed E-state index contributed by atoms with van der Waals surface area (Å²) in [6, 6.07) is 10.8. The Morgan fingerprint density at radius 2 is 1.57 bits per heavy atom. The van der Waals surface area contributed by atoms with Gasteiger partial charge in [0.2, 0.25) is 0 Å². The third kappa shape index (κ3) is 3.38. The molecule has 3 rings (SSSR count). The maximum absolute atomic E-state index is 7.54. The van der Waals surface area contributed by atoms with Crippen LogP contribution in [0.2, 0.25) is 0 Å². The largest absolute Gasteiger partial charge is 0.370 e. The number of hydrogen-bond acceptors (Lipinski definition) is 2. The van der Waals surface area contributed by atoms with Crippen molar-refractivity contribution in [3.63, 3.8) is 0 Å². The minimum absolute atomic E-state index is 0.242. The molecule has 21 heavy (non-hydrogen) atoms. The molecular weight excluding hydrogens is 260 g/mol. The van der Waals surface area contributed by atoms with Gasteiger partial charge in [0.05, 0.1) is 0 Å². The summed E-state index contributed by atoms with van der Waals surface area (Å²) in [7, 11) is 0. The fraction of sp³-hybridized carbons (Fsp3) is 0.588. The van der Waals surface area contributed by atoms with Gasteiger partial charge in [-0.1, -0.05) is 30.3 Å². The van der Waals surface area contributed by atoms with Crippen molar-refractivity contribution in [2.45, 2.75) is 32.2 Å². The SMILES string of the molecule is N=C(N)N1CCC2(CCN(Cc3ccccc3)CC2)CC1. The number of guanidine groups is 1. The van der Waals surface area contributed by atoms with Crippen molar-refractivity contribution in [1.82, 2.24) is 9.80 Å². The summed E-state index contributed by atoms with van der Waals surface area (Å²) in [5, 5.41) is 7.54. The number of hydrogen-bond donors (Lipinski definition) is 2. The number of likely N-dealkylation sites (tertiary alicyclic amines) is 2. The Balaban J connectivity index is 1.50. The highest BCUT2D eigenvalue weighted by atomic mass is 15.2. The lowest BCUT2D eigenvalue weighted by Crippen LogP contribution is -2.49. The normalized spacial score (nSPS) is 22.4. The monoisotopic (exact) mass is 286 g/mol. The first-order valence-electron chi connectivity index (χ1n) is 8.02. The number of piperidine rings is 2. The Hall–Kier alpha value is -1.55. The Kier molecular flexibility index (Phi) is 4.15. The molecule has 114 valence electrons. The van der Waals surface area contributed by atoms with Gasteiger partial charge < -0.3 is 10.6 Å². The first kappa shape index (κ1) is 14.4. The second kappa shape index (κ2) is 6.06. The standard InChI is InChI=1S/C17H26N4/c18-16(19)21-12-8-17(9-13-21)6-10-20(11-7-17)14-15-4-2-1-3-5-15/h1-5H,6-14H2,(H3,18,19). The van der Waals surface area contributed by atoms with E-state index < -0.39 is 0 Å².